The second-order valence-corrected chi connectivity index (χ2v) is 10.1. The molecule has 0 unspecified atom stereocenters. The number of amides is 3. The molecule has 0 bridgehead atoms. The number of anilines is 1. The number of esters is 1. The minimum absolute atomic E-state index is 0.0992. The lowest BCUT2D eigenvalue weighted by Crippen LogP contribution is -2.62. The van der Waals surface area contributed by atoms with Crippen molar-refractivity contribution in [3.63, 3.8) is 0 Å². The summed E-state index contributed by atoms with van der Waals surface area (Å²) in [6.07, 6.45) is 4.65. The molecule has 1 aromatic rings. The molecular weight excluding hydrogens is 434 g/mol. The topological polar surface area (TPSA) is 87.2 Å². The zero-order valence-corrected chi connectivity index (χ0v) is 20.6. The van der Waals surface area contributed by atoms with Crippen molar-refractivity contribution in [3.05, 3.63) is 29.8 Å². The van der Waals surface area contributed by atoms with Crippen LogP contribution in [0.15, 0.2) is 24.3 Å². The van der Waals surface area contributed by atoms with Crippen LogP contribution in [0, 0.1) is 11.8 Å². The van der Waals surface area contributed by atoms with Crippen LogP contribution in [0.3, 0.4) is 0 Å². The number of benzene rings is 1. The molecule has 0 N–H and O–H groups in total. The molecular formula is C26H35N3O5. The predicted octanol–water partition coefficient (Wildman–Crippen LogP) is 2.57. The van der Waals surface area contributed by atoms with Crippen molar-refractivity contribution in [2.45, 2.75) is 57.4 Å². The van der Waals surface area contributed by atoms with Gasteiger partial charge in [-0.15, -0.1) is 0 Å². The van der Waals surface area contributed by atoms with Crippen molar-refractivity contribution >= 4 is 29.4 Å². The summed E-state index contributed by atoms with van der Waals surface area (Å²) in [4.78, 5) is 58.0. The van der Waals surface area contributed by atoms with E-state index in [0.29, 0.717) is 18.0 Å². The number of nitrogens with zero attached hydrogens (tertiary/aromatic N) is 3. The average molecular weight is 470 g/mol. The van der Waals surface area contributed by atoms with Gasteiger partial charge in [0.1, 0.15) is 12.1 Å². The molecule has 0 spiro atoms. The third-order valence-electron chi connectivity index (χ3n) is 7.81. The Bertz CT molecular complexity index is 986. The lowest BCUT2D eigenvalue weighted by Gasteiger charge is -2.46. The first-order valence-corrected chi connectivity index (χ1v) is 12.3. The number of hydrogen-bond acceptors (Lipinski definition) is 5. The first-order valence-electron chi connectivity index (χ1n) is 12.3. The average Bonchev–Trinajstić information content (AvgIpc) is 3.42. The molecule has 4 rings (SSSR count). The maximum atomic E-state index is 14.1. The van der Waals surface area contributed by atoms with Crippen molar-refractivity contribution in [1.29, 1.82) is 0 Å². The Hall–Kier alpha value is -2.90. The van der Waals surface area contributed by atoms with Crippen molar-refractivity contribution in [3.8, 4) is 0 Å². The minimum Gasteiger partial charge on any atom is -0.466 e. The number of fused-ring (bicyclic) bond motifs is 3. The van der Waals surface area contributed by atoms with E-state index in [-0.39, 0.29) is 37.4 Å². The van der Waals surface area contributed by atoms with E-state index in [9.17, 15) is 19.2 Å². The second-order valence-electron chi connectivity index (χ2n) is 10.1. The van der Waals surface area contributed by atoms with Crippen LogP contribution in [0.1, 0.15) is 57.4 Å². The van der Waals surface area contributed by atoms with E-state index in [1.807, 2.05) is 18.2 Å². The number of rotatable bonds is 6. The van der Waals surface area contributed by atoms with Gasteiger partial charge in [0.25, 0.3) is 5.91 Å². The molecule has 1 saturated carbocycles. The molecule has 2 aliphatic heterocycles. The van der Waals surface area contributed by atoms with Gasteiger partial charge in [-0.05, 0) is 44.2 Å². The molecule has 3 amide bonds. The number of carbonyl (C=O) groups excluding carboxylic acids is 4. The summed E-state index contributed by atoms with van der Waals surface area (Å²) < 4.78 is 5.39. The molecule has 2 heterocycles. The van der Waals surface area contributed by atoms with Crippen molar-refractivity contribution in [1.82, 2.24) is 9.80 Å². The van der Waals surface area contributed by atoms with E-state index in [4.69, 9.17) is 4.74 Å². The van der Waals surface area contributed by atoms with Gasteiger partial charge in [-0.1, -0.05) is 31.0 Å². The summed E-state index contributed by atoms with van der Waals surface area (Å²) >= 11 is 0. The lowest BCUT2D eigenvalue weighted by molar-refractivity contribution is -0.148. The van der Waals surface area contributed by atoms with Gasteiger partial charge in [0.05, 0.1) is 12.5 Å². The van der Waals surface area contributed by atoms with E-state index in [1.54, 1.807) is 38.9 Å². The maximum Gasteiger partial charge on any atom is 0.311 e. The van der Waals surface area contributed by atoms with E-state index >= 15 is 0 Å². The Morgan fingerprint density at radius 3 is 2.47 bits per heavy atom. The molecule has 184 valence electrons. The summed E-state index contributed by atoms with van der Waals surface area (Å²) in [5.74, 6) is -1.89. The van der Waals surface area contributed by atoms with Gasteiger partial charge in [-0.3, -0.25) is 19.2 Å². The van der Waals surface area contributed by atoms with Crippen molar-refractivity contribution in [2.75, 3.05) is 38.7 Å². The first-order chi connectivity index (χ1) is 16.2. The number of carbonyl (C=O) groups is 4. The smallest absolute Gasteiger partial charge is 0.311 e. The van der Waals surface area contributed by atoms with E-state index in [2.05, 4.69) is 0 Å². The van der Waals surface area contributed by atoms with Crippen LogP contribution in [0.5, 0.6) is 0 Å². The van der Waals surface area contributed by atoms with Gasteiger partial charge in [-0.25, -0.2) is 0 Å². The summed E-state index contributed by atoms with van der Waals surface area (Å²) in [5, 5.41) is 0. The van der Waals surface area contributed by atoms with Crippen molar-refractivity contribution < 1.29 is 23.9 Å². The van der Waals surface area contributed by atoms with E-state index in [0.717, 1.165) is 31.2 Å². The van der Waals surface area contributed by atoms with Crippen LogP contribution in [0.2, 0.25) is 0 Å². The maximum absolute atomic E-state index is 14.1. The van der Waals surface area contributed by atoms with Crippen LogP contribution in [0.4, 0.5) is 5.69 Å². The van der Waals surface area contributed by atoms with Gasteiger partial charge in [-0.2, -0.15) is 0 Å². The standard InChI is InChI=1S/C26H35N3O5/c1-5-34-24(32)19-15-29(21(30)14-17-10-6-7-11-17)26(2)23(19)18-12-8-9-13-20(18)28(25(26)33)16-22(31)27(3)4/h8-9,12-13,17,19,23H,5-7,10-11,14-16H2,1-4H3/t19-,23+,26-/m0/s1. The summed E-state index contributed by atoms with van der Waals surface area (Å²) in [6, 6.07) is 7.39. The van der Waals surface area contributed by atoms with Crippen LogP contribution < -0.4 is 4.90 Å². The summed E-state index contributed by atoms with van der Waals surface area (Å²) in [6.45, 7) is 3.76. The third kappa shape index (κ3) is 3.97. The van der Waals surface area contributed by atoms with Crippen LogP contribution in [-0.2, 0) is 23.9 Å². The molecule has 1 aliphatic carbocycles. The molecule has 1 saturated heterocycles. The fourth-order valence-electron chi connectivity index (χ4n) is 6.02. The second kappa shape index (κ2) is 9.39. The van der Waals surface area contributed by atoms with Gasteiger partial charge in [0.2, 0.25) is 11.8 Å². The van der Waals surface area contributed by atoms with Crippen LogP contribution >= 0.6 is 0 Å². The van der Waals surface area contributed by atoms with Crippen molar-refractivity contribution in [2.24, 2.45) is 11.8 Å². The Morgan fingerprint density at radius 2 is 1.82 bits per heavy atom. The Kier molecular flexibility index (Phi) is 6.69. The molecule has 3 atom stereocenters. The molecule has 2 fully saturated rings. The first kappa shape index (κ1) is 24.2. The fraction of sp³-hybridized carbons (Fsp3) is 0.615. The van der Waals surface area contributed by atoms with Gasteiger partial charge >= 0.3 is 5.97 Å². The largest absolute Gasteiger partial charge is 0.466 e. The molecule has 8 nitrogen and oxygen atoms in total. The summed E-state index contributed by atoms with van der Waals surface area (Å²) in [5.41, 5.74) is 0.142. The SMILES string of the molecule is CCOC(=O)[C@H]1CN(C(=O)CC2CCCC2)[C@]2(C)C(=O)N(CC(=O)N(C)C)c3ccccc3[C@H]12. The van der Waals surface area contributed by atoms with Gasteiger partial charge in [0.15, 0.2) is 0 Å². The lowest BCUT2D eigenvalue weighted by atomic mass is 9.72. The Labute approximate surface area is 201 Å². The highest BCUT2D eigenvalue weighted by molar-refractivity contribution is 6.09. The molecule has 1 aromatic carbocycles. The van der Waals surface area contributed by atoms with Crippen LogP contribution in [0.25, 0.3) is 0 Å². The monoisotopic (exact) mass is 469 g/mol. The minimum atomic E-state index is -1.27. The fourth-order valence-corrected chi connectivity index (χ4v) is 6.02. The number of likely N-dealkylation sites (tertiary alicyclic amines) is 1. The Morgan fingerprint density at radius 1 is 1.15 bits per heavy atom. The third-order valence-corrected chi connectivity index (χ3v) is 7.81. The van der Waals surface area contributed by atoms with Gasteiger partial charge < -0.3 is 19.4 Å². The van der Waals surface area contributed by atoms with Crippen LogP contribution in [-0.4, -0.2) is 72.8 Å². The molecule has 0 radical (unpaired) electrons. The van der Waals surface area contributed by atoms with E-state index < -0.39 is 23.3 Å². The molecule has 0 aromatic heterocycles. The highest BCUT2D eigenvalue weighted by atomic mass is 16.5. The number of hydrogen-bond donors (Lipinski definition) is 0. The number of para-hydroxylation sites is 1. The predicted molar refractivity (Wildman–Crippen MR) is 127 cm³/mol. The number of likely N-dealkylation sites (N-methyl/N-ethyl adjacent to an activating group) is 1. The molecule has 8 heteroatoms. The van der Waals surface area contributed by atoms with E-state index in [1.165, 1.54) is 9.80 Å². The normalized spacial score (nSPS) is 26.3. The zero-order chi connectivity index (χ0) is 24.6. The quantitative estimate of drug-likeness (QED) is 0.598. The zero-order valence-electron chi connectivity index (χ0n) is 20.6. The molecule has 3 aliphatic rings. The highest BCUT2D eigenvalue weighted by Crippen LogP contribution is 2.53. The van der Waals surface area contributed by atoms with Gasteiger partial charge in [0, 0.05) is 38.7 Å². The Balaban J connectivity index is 1.79. The number of ether oxygens (including phenoxy) is 1. The highest BCUT2D eigenvalue weighted by Gasteiger charge is 2.63. The summed E-state index contributed by atoms with van der Waals surface area (Å²) in [7, 11) is 3.30. The molecule has 34 heavy (non-hydrogen) atoms.